The molecule has 0 bridgehead atoms. The van der Waals surface area contributed by atoms with E-state index in [1.165, 1.54) is 18.4 Å². The third-order valence-electron chi connectivity index (χ3n) is 4.67. The third-order valence-corrected chi connectivity index (χ3v) is 5.53. The van der Waals surface area contributed by atoms with E-state index in [9.17, 15) is 4.79 Å². The Morgan fingerprint density at radius 3 is 2.62 bits per heavy atom. The largest absolute Gasteiger partial charge is 0.467 e. The second-order valence-electron chi connectivity index (χ2n) is 6.69. The van der Waals surface area contributed by atoms with Crippen molar-refractivity contribution in [3.05, 3.63) is 82.4 Å². The van der Waals surface area contributed by atoms with Crippen LogP contribution in [0, 0.1) is 5.92 Å². The van der Waals surface area contributed by atoms with Crippen molar-refractivity contribution in [1.82, 2.24) is 10.2 Å². The molecule has 1 N–H and O–H groups in total. The van der Waals surface area contributed by atoms with Gasteiger partial charge in [0.2, 0.25) is 0 Å². The minimum Gasteiger partial charge on any atom is -0.467 e. The molecule has 0 radical (unpaired) electrons. The van der Waals surface area contributed by atoms with Gasteiger partial charge in [0.1, 0.15) is 5.76 Å². The van der Waals surface area contributed by atoms with Crippen molar-refractivity contribution in [3.8, 4) is 0 Å². The van der Waals surface area contributed by atoms with E-state index in [-0.39, 0.29) is 12.1 Å². The molecule has 0 unspecified atom stereocenters. The second-order valence-corrected chi connectivity index (χ2v) is 7.72. The molecule has 2 amide bonds. The first-order valence-electron chi connectivity index (χ1n) is 8.95. The number of nitrogens with zero attached hydrogens (tertiary/aromatic N) is 1. The zero-order valence-corrected chi connectivity index (χ0v) is 15.3. The van der Waals surface area contributed by atoms with Crippen molar-refractivity contribution in [2.75, 3.05) is 0 Å². The maximum atomic E-state index is 13.1. The maximum Gasteiger partial charge on any atom is 0.318 e. The fraction of sp³-hybridized carbons (Fsp3) is 0.286. The second kappa shape index (κ2) is 7.79. The lowest BCUT2D eigenvalue weighted by Crippen LogP contribution is -2.41. The summed E-state index contributed by atoms with van der Waals surface area (Å²) < 4.78 is 5.46. The first kappa shape index (κ1) is 16.9. The van der Waals surface area contributed by atoms with Crippen LogP contribution in [0.4, 0.5) is 4.79 Å². The van der Waals surface area contributed by atoms with Crippen LogP contribution in [0.2, 0.25) is 0 Å². The fourth-order valence-corrected chi connectivity index (χ4v) is 3.89. The van der Waals surface area contributed by atoms with Gasteiger partial charge in [0.15, 0.2) is 0 Å². The molecule has 0 aliphatic heterocycles. The molecule has 26 heavy (non-hydrogen) atoms. The van der Waals surface area contributed by atoms with E-state index in [4.69, 9.17) is 4.42 Å². The number of nitrogens with one attached hydrogen (secondary N) is 1. The minimum absolute atomic E-state index is 0.0458. The van der Waals surface area contributed by atoms with Gasteiger partial charge in [-0.1, -0.05) is 36.4 Å². The lowest BCUT2D eigenvalue weighted by molar-refractivity contribution is 0.182. The lowest BCUT2D eigenvalue weighted by Gasteiger charge is -2.26. The molecule has 2 heterocycles. The van der Waals surface area contributed by atoms with Crippen molar-refractivity contribution >= 4 is 17.4 Å². The van der Waals surface area contributed by atoms with Gasteiger partial charge in [0.05, 0.1) is 25.4 Å². The number of carbonyl (C=O) groups is 1. The van der Waals surface area contributed by atoms with Gasteiger partial charge >= 0.3 is 6.03 Å². The minimum atomic E-state index is -0.0458. The van der Waals surface area contributed by atoms with Gasteiger partial charge in [-0.05, 0) is 47.9 Å². The van der Waals surface area contributed by atoms with Gasteiger partial charge in [0.25, 0.3) is 0 Å². The number of urea groups is 1. The van der Waals surface area contributed by atoms with Gasteiger partial charge in [-0.2, -0.15) is 0 Å². The molecule has 0 spiro atoms. The summed E-state index contributed by atoms with van der Waals surface area (Å²) in [6, 6.07) is 18.1. The highest BCUT2D eigenvalue weighted by Gasteiger charge is 2.34. The van der Waals surface area contributed by atoms with E-state index in [1.54, 1.807) is 17.6 Å². The maximum absolute atomic E-state index is 13.1. The Morgan fingerprint density at radius 1 is 1.12 bits per heavy atom. The summed E-state index contributed by atoms with van der Waals surface area (Å²) in [6.45, 7) is 1.04. The summed E-state index contributed by atoms with van der Waals surface area (Å²) in [5.41, 5.74) is 1.18. The van der Waals surface area contributed by atoms with E-state index >= 15 is 0 Å². The van der Waals surface area contributed by atoms with Crippen LogP contribution in [-0.4, -0.2) is 10.9 Å². The normalized spacial score (nSPS) is 14.8. The molecular weight excluding hydrogens is 344 g/mol. The Bertz CT molecular complexity index is 775. The van der Waals surface area contributed by atoms with E-state index in [2.05, 4.69) is 23.5 Å². The average molecular weight is 366 g/mol. The van der Waals surface area contributed by atoms with Crippen LogP contribution < -0.4 is 5.32 Å². The predicted molar refractivity (Wildman–Crippen MR) is 103 cm³/mol. The Kier molecular flexibility index (Phi) is 5.07. The van der Waals surface area contributed by atoms with E-state index in [1.807, 2.05) is 46.7 Å². The Hall–Kier alpha value is -2.53. The van der Waals surface area contributed by atoms with Crippen LogP contribution in [0.15, 0.2) is 70.7 Å². The standard InChI is InChI=1S/C21H22N2O2S/c24-21(22-20(17-10-11-17)16-6-2-1-3-7-16)23(14-18-8-4-12-25-18)15-19-9-5-13-26-19/h1-9,12-13,17,20H,10-11,14-15H2,(H,22,24)/t20-/m0/s1. The summed E-state index contributed by atoms with van der Waals surface area (Å²) in [6.07, 6.45) is 3.99. The molecule has 1 aliphatic rings. The quantitative estimate of drug-likeness (QED) is 0.624. The SMILES string of the molecule is O=C(N[C@@H](c1ccccc1)C1CC1)N(Cc1ccco1)Cc1cccs1. The van der Waals surface area contributed by atoms with Gasteiger partial charge in [-0.15, -0.1) is 11.3 Å². The van der Waals surface area contributed by atoms with E-state index < -0.39 is 0 Å². The van der Waals surface area contributed by atoms with Gasteiger partial charge in [-0.25, -0.2) is 4.79 Å². The predicted octanol–water partition coefficient (Wildman–Crippen LogP) is 5.20. The van der Waals surface area contributed by atoms with Crippen molar-refractivity contribution < 1.29 is 9.21 Å². The molecule has 1 aliphatic carbocycles. The molecule has 2 aromatic heterocycles. The molecule has 4 rings (SSSR count). The van der Waals surface area contributed by atoms with Crippen molar-refractivity contribution in [2.45, 2.75) is 32.0 Å². The summed E-state index contributed by atoms with van der Waals surface area (Å²) in [7, 11) is 0. The molecule has 1 aromatic carbocycles. The van der Waals surface area contributed by atoms with Crippen molar-refractivity contribution in [2.24, 2.45) is 5.92 Å². The number of hydrogen-bond acceptors (Lipinski definition) is 3. The fourth-order valence-electron chi connectivity index (χ4n) is 3.17. The number of furan rings is 1. The first-order chi connectivity index (χ1) is 12.8. The highest BCUT2D eigenvalue weighted by Crippen LogP contribution is 2.41. The molecule has 134 valence electrons. The van der Waals surface area contributed by atoms with Crippen molar-refractivity contribution in [1.29, 1.82) is 0 Å². The molecule has 1 saturated carbocycles. The van der Waals surface area contributed by atoms with Crippen LogP contribution in [0.25, 0.3) is 0 Å². The number of carbonyl (C=O) groups excluding carboxylic acids is 1. The molecule has 5 heteroatoms. The Balaban J connectivity index is 1.51. The van der Waals surface area contributed by atoms with Crippen LogP contribution >= 0.6 is 11.3 Å². The molecule has 1 fully saturated rings. The molecule has 3 aromatic rings. The van der Waals surface area contributed by atoms with Crippen LogP contribution in [-0.2, 0) is 13.1 Å². The summed E-state index contributed by atoms with van der Waals surface area (Å²) in [5, 5.41) is 5.31. The number of thiophene rings is 1. The van der Waals surface area contributed by atoms with E-state index in [0.29, 0.717) is 19.0 Å². The number of rotatable bonds is 7. The number of hydrogen-bond donors (Lipinski definition) is 1. The number of amides is 2. The summed E-state index contributed by atoms with van der Waals surface area (Å²) >= 11 is 1.66. The third kappa shape index (κ3) is 4.17. The summed E-state index contributed by atoms with van der Waals surface area (Å²) in [5.74, 6) is 1.33. The zero-order chi connectivity index (χ0) is 17.8. The average Bonchev–Trinajstić information content (AvgIpc) is 3.14. The van der Waals surface area contributed by atoms with Crippen LogP contribution in [0.5, 0.6) is 0 Å². The number of benzene rings is 1. The Morgan fingerprint density at radius 2 is 1.96 bits per heavy atom. The van der Waals surface area contributed by atoms with Crippen LogP contribution in [0.3, 0.4) is 0 Å². The van der Waals surface area contributed by atoms with Gasteiger partial charge < -0.3 is 14.6 Å². The van der Waals surface area contributed by atoms with E-state index in [0.717, 1.165) is 10.6 Å². The van der Waals surface area contributed by atoms with Crippen molar-refractivity contribution in [3.63, 3.8) is 0 Å². The topological polar surface area (TPSA) is 45.5 Å². The van der Waals surface area contributed by atoms with Crippen LogP contribution in [0.1, 0.15) is 35.1 Å². The smallest absolute Gasteiger partial charge is 0.318 e. The summed E-state index contributed by atoms with van der Waals surface area (Å²) in [4.78, 5) is 16.1. The highest BCUT2D eigenvalue weighted by molar-refractivity contribution is 7.09. The monoisotopic (exact) mass is 366 g/mol. The molecule has 1 atom stereocenters. The highest BCUT2D eigenvalue weighted by atomic mass is 32.1. The lowest BCUT2D eigenvalue weighted by atomic mass is 10.0. The first-order valence-corrected chi connectivity index (χ1v) is 9.83. The molecule has 0 saturated heterocycles. The zero-order valence-electron chi connectivity index (χ0n) is 14.5. The Labute approximate surface area is 157 Å². The molecular formula is C21H22N2O2S. The van der Waals surface area contributed by atoms with Gasteiger partial charge in [-0.3, -0.25) is 0 Å². The van der Waals surface area contributed by atoms with Gasteiger partial charge in [0, 0.05) is 4.88 Å². The molecule has 4 nitrogen and oxygen atoms in total.